The third-order valence-electron chi connectivity index (χ3n) is 26.2. The topological polar surface area (TPSA) is 494 Å². The molecule has 40 nitrogen and oxygen atoms in total. The summed E-state index contributed by atoms with van der Waals surface area (Å²) in [7, 11) is -5.90. The van der Waals surface area contributed by atoms with Crippen molar-refractivity contribution in [1.82, 2.24) is 78.0 Å². The second-order valence-electron chi connectivity index (χ2n) is 41.6. The lowest BCUT2D eigenvalue weighted by Crippen LogP contribution is -2.41. The Morgan fingerprint density at radius 2 is 0.627 bits per heavy atom. The number of aliphatic hydroxyl groups is 2. The van der Waals surface area contributed by atoms with Gasteiger partial charge in [-0.2, -0.15) is 51.6 Å². The van der Waals surface area contributed by atoms with Gasteiger partial charge in [-0.05, 0) is 168 Å². The number of pyridine rings is 8. The van der Waals surface area contributed by atoms with Crippen molar-refractivity contribution in [1.29, 1.82) is 21.0 Å². The normalized spacial score (nSPS) is 16.9. The maximum atomic E-state index is 13.3. The number of fused-ring (bicyclic) bond motifs is 4. The second kappa shape index (κ2) is 44.5. The molecule has 14 aromatic rings. The number of aromatic nitrogens is 16. The van der Waals surface area contributed by atoms with Crippen LogP contribution in [0.3, 0.4) is 0 Å². The van der Waals surface area contributed by atoms with Gasteiger partial charge >= 0.3 is 12.2 Å². The molecule has 2 N–H and O–H groups in total. The summed E-state index contributed by atoms with van der Waals surface area (Å²) in [5.41, 5.74) is 11.6. The van der Waals surface area contributed by atoms with Gasteiger partial charge in [-0.3, -0.25) is 9.36 Å². The molecule has 2 saturated carbocycles. The number of carbonyl (C=O) groups is 2. The highest BCUT2D eigenvalue weighted by Crippen LogP contribution is 2.40. The molecular weight excluding hydrogens is 1990 g/mol. The van der Waals surface area contributed by atoms with E-state index in [-0.39, 0.29) is 48.3 Å². The number of amides is 2. The summed E-state index contributed by atoms with van der Waals surface area (Å²) in [6.07, 6.45) is 38.0. The summed E-state index contributed by atoms with van der Waals surface area (Å²) in [6.45, 7) is 21.9. The maximum absolute atomic E-state index is 13.3. The maximum Gasteiger partial charge on any atom is 0.442 e. The molecule has 14 aromatic heterocycles. The van der Waals surface area contributed by atoms with E-state index in [2.05, 4.69) is 89.4 Å². The monoisotopic (exact) mass is 2110 g/mol. The van der Waals surface area contributed by atoms with Crippen molar-refractivity contribution in [3.05, 3.63) is 194 Å². The Morgan fingerprint density at radius 1 is 0.353 bits per heavy atom. The van der Waals surface area contributed by atoms with Crippen LogP contribution in [-0.4, -0.2) is 263 Å². The first-order valence-electron chi connectivity index (χ1n) is 50.1. The van der Waals surface area contributed by atoms with Gasteiger partial charge in [-0.1, -0.05) is 38.5 Å². The molecule has 0 spiro atoms. The Morgan fingerprint density at radius 3 is 0.873 bits per heavy atom. The standard InChI is InChI=1S/C27H30N8OS.C27H34N6O3S.C26H28N8O3S.C26H32N6O5S/c1-33-18-23(17-30-33)21-13-25(27-22(14-28)16-31-35(27)19-21)20-7-8-26(29-15-20)34-9-11-37(36,12-10-34)32-24-5-3-2-4-6-24;1-27(2,34)19-36-23-14-24(26-21(15-28)17-30-33(26)18-23)20-8-9-25(29-16-20)32-10-12-37(35,13-11-32)31-22-6-4-3-5-7-22;1-26(2,3)37-25(35)31-38(36)9-7-33(8-10-38)23-6-5-18(13-28-23)22-11-19(21-15-29-32(4)16-21)17-34-24(22)20(12-27)14-30-34;1-25(2,3)37-24(33)30-38(35)10-8-31(9-11-38)22-7-6-18(14-28-22)21-12-20(36-17-26(4,5)34)16-32-23(21)19(13-27)15-29-32/h7-8,13,15-19,24H,2-6,9-12H2,1H3;8-9,14,16-18,22,34H,3-7,10-13,19H2,1-2H3;5-6,11,13-17H,7-10H2,1-4H3;6-7,12,14-16,34H,8-11,17H2,1-5H3. The molecule has 0 radical (unpaired) electrons. The van der Waals surface area contributed by atoms with Gasteiger partial charge in [0, 0.05) is 206 Å². The number of carbonyl (C=O) groups excluding carboxylic acids is 2. The molecule has 44 heteroatoms. The number of nitriles is 4. The molecule has 2 amide bonds. The minimum Gasteiger partial charge on any atom is -0.489 e. The zero-order valence-corrected chi connectivity index (χ0v) is 89.5. The van der Waals surface area contributed by atoms with E-state index in [4.69, 9.17) is 37.6 Å². The van der Waals surface area contributed by atoms with Gasteiger partial charge in [-0.15, -0.1) is 8.73 Å². The smallest absolute Gasteiger partial charge is 0.442 e. The van der Waals surface area contributed by atoms with Crippen LogP contribution in [0.1, 0.15) is 156 Å². The first kappa shape index (κ1) is 107. The number of hydrogen-bond donors (Lipinski definition) is 2. The summed E-state index contributed by atoms with van der Waals surface area (Å²) >= 11 is 0. The molecule has 0 bridgehead atoms. The van der Waals surface area contributed by atoms with E-state index in [9.17, 15) is 57.7 Å². The highest BCUT2D eigenvalue weighted by Gasteiger charge is 2.33. The van der Waals surface area contributed by atoms with Crippen LogP contribution in [-0.2, 0) is 62.5 Å². The van der Waals surface area contributed by atoms with Crippen LogP contribution in [0, 0.1) is 45.3 Å². The fourth-order valence-corrected chi connectivity index (χ4v) is 26.4. The number of anilines is 4. The lowest BCUT2D eigenvalue weighted by Gasteiger charge is -2.31. The minimum atomic E-state index is -2.69. The molecule has 784 valence electrons. The van der Waals surface area contributed by atoms with Gasteiger partial charge in [0.15, 0.2) is 0 Å². The van der Waals surface area contributed by atoms with Gasteiger partial charge in [-0.25, -0.2) is 73.1 Å². The zero-order chi connectivity index (χ0) is 106. The largest absolute Gasteiger partial charge is 0.489 e. The Kier molecular flexibility index (Phi) is 31.6. The van der Waals surface area contributed by atoms with Gasteiger partial charge in [0.2, 0.25) is 0 Å². The minimum absolute atomic E-state index is 0.0832. The van der Waals surface area contributed by atoms with Crippen LogP contribution in [0.2, 0.25) is 0 Å². The third-order valence-corrected chi connectivity index (χ3v) is 35.1. The van der Waals surface area contributed by atoms with Crippen LogP contribution in [0.25, 0.3) is 88.8 Å². The van der Waals surface area contributed by atoms with Gasteiger partial charge in [0.25, 0.3) is 0 Å². The van der Waals surface area contributed by atoms with Crippen molar-refractivity contribution in [3.8, 4) is 103 Å². The third kappa shape index (κ3) is 26.4. The van der Waals surface area contributed by atoms with Crippen molar-refractivity contribution in [2.45, 2.75) is 168 Å². The molecule has 0 atom stereocenters. The number of rotatable bonds is 18. The lowest BCUT2D eigenvalue weighted by molar-refractivity contribution is 0.0280. The number of hydrogen-bond acceptors (Lipinski definition) is 32. The number of aryl methyl sites for hydroxylation is 2. The van der Waals surface area contributed by atoms with Crippen molar-refractivity contribution >= 4 is 96.4 Å². The summed E-state index contributed by atoms with van der Waals surface area (Å²) in [5.74, 6) is 7.51. The molecule has 4 saturated heterocycles. The summed E-state index contributed by atoms with van der Waals surface area (Å²) < 4.78 is 102. The molecule has 6 fully saturated rings. The van der Waals surface area contributed by atoms with E-state index in [1.54, 1.807) is 152 Å². The fraction of sp³-hybridized carbons (Fsp3) is 0.434. The first-order chi connectivity index (χ1) is 71.5. The molecular formula is C106H124N28O12S4. The molecule has 4 aliphatic heterocycles. The summed E-state index contributed by atoms with van der Waals surface area (Å²) in [6, 6.07) is 32.7. The van der Waals surface area contributed by atoms with Crippen LogP contribution >= 0.6 is 0 Å². The Balaban J connectivity index is 0.000000136. The Labute approximate surface area is 872 Å². The summed E-state index contributed by atoms with van der Waals surface area (Å²) in [5, 5.41) is 84.6. The van der Waals surface area contributed by atoms with Crippen LogP contribution in [0.5, 0.6) is 11.5 Å². The van der Waals surface area contributed by atoms with Gasteiger partial charge in [0.1, 0.15) is 83.5 Å². The molecule has 150 heavy (non-hydrogen) atoms. The summed E-state index contributed by atoms with van der Waals surface area (Å²) in [4.78, 5) is 51.3. The molecule has 20 rings (SSSR count). The van der Waals surface area contributed by atoms with E-state index in [0.717, 1.165) is 110 Å². The lowest BCUT2D eigenvalue weighted by atomic mass is 9.97. The highest BCUT2D eigenvalue weighted by molar-refractivity contribution is 7.94. The van der Waals surface area contributed by atoms with Gasteiger partial charge < -0.3 is 48.8 Å². The molecule has 0 aromatic carbocycles. The highest BCUT2D eigenvalue weighted by atomic mass is 32.2. The predicted molar refractivity (Wildman–Crippen MR) is 577 cm³/mol. The van der Waals surface area contributed by atoms with Crippen molar-refractivity contribution in [2.24, 2.45) is 31.5 Å². The van der Waals surface area contributed by atoms with E-state index in [1.165, 1.54) is 50.9 Å². The van der Waals surface area contributed by atoms with E-state index in [0.29, 0.717) is 137 Å². The Bertz CT molecular complexity index is 8030. The van der Waals surface area contributed by atoms with Crippen molar-refractivity contribution in [3.63, 3.8) is 0 Å². The van der Waals surface area contributed by atoms with Crippen LogP contribution < -0.4 is 29.1 Å². The van der Waals surface area contributed by atoms with Crippen LogP contribution in [0.15, 0.2) is 189 Å². The van der Waals surface area contributed by atoms with E-state index >= 15 is 0 Å². The van der Waals surface area contributed by atoms with E-state index < -0.39 is 73.5 Å². The Hall–Kier alpha value is -14.8. The SMILES string of the molecule is CC(C)(O)COc1cc(-c2ccc(N3CCS(=O)(=NC(=O)OC(C)(C)C)CC3)nc2)c2c(C#N)cnn2c1.CC(C)(O)COc1cc(-c2ccc(N3CCS(=O)(=NC4CCCCC4)CC3)nc2)c2c(C#N)cnn2c1.Cn1cc(-c2cc(-c3ccc(N4CCS(=O)(=NC(=O)OC(C)(C)C)CC4)nc3)c3c(C#N)cnn3c2)cn1.Cn1cc(-c2cc(-c3ccc(N4CCS(=O)(=NC5CCCCC5)CC4)nc3)c3c(C#N)cnn3c2)cn1. The van der Waals surface area contributed by atoms with Crippen molar-refractivity contribution in [2.75, 3.05) is 131 Å². The molecule has 6 aliphatic rings. The molecule has 2 aliphatic carbocycles. The number of ether oxygens (including phenoxy) is 4. The van der Waals surface area contributed by atoms with Crippen LogP contribution in [0.4, 0.5) is 32.9 Å². The fourth-order valence-electron chi connectivity index (χ4n) is 18.6. The molecule has 0 unspecified atom stereocenters. The number of nitrogens with zero attached hydrogens (tertiary/aromatic N) is 28. The first-order valence-corrected chi connectivity index (χ1v) is 57.5. The van der Waals surface area contributed by atoms with E-state index in [1.807, 2.05) is 122 Å². The molecule has 18 heterocycles. The second-order valence-corrected chi connectivity index (χ2v) is 51.8. The average Bonchev–Trinajstić information content (AvgIpc) is 1.58. The zero-order valence-electron chi connectivity index (χ0n) is 86.3. The quantitative estimate of drug-likeness (QED) is 0.0805. The predicted octanol–water partition coefficient (Wildman–Crippen LogP) is 15.9. The van der Waals surface area contributed by atoms with Gasteiger partial charge in [0.05, 0.1) is 179 Å². The average molecular weight is 2110 g/mol. The van der Waals surface area contributed by atoms with Crippen molar-refractivity contribution < 1.29 is 55.6 Å².